The quantitative estimate of drug-likeness (QED) is 0.575. The van der Waals surface area contributed by atoms with Crippen LogP contribution in [0.25, 0.3) is 0 Å². The molecular formula is C11H26N2O. The van der Waals surface area contributed by atoms with Crippen LogP contribution in [0.15, 0.2) is 0 Å². The number of rotatable bonds is 8. The molecule has 0 aromatic heterocycles. The number of hydrogen-bond donors (Lipinski definition) is 2. The Bertz CT molecular complexity index is 135. The van der Waals surface area contributed by atoms with Crippen molar-refractivity contribution in [1.82, 2.24) is 10.2 Å². The molecule has 86 valence electrons. The number of unbranched alkanes of at least 4 members (excludes halogenated alkanes) is 1. The van der Waals surface area contributed by atoms with E-state index in [9.17, 15) is 0 Å². The van der Waals surface area contributed by atoms with Crippen LogP contribution in [0.2, 0.25) is 0 Å². The summed E-state index contributed by atoms with van der Waals surface area (Å²) in [5.74, 6) is 0. The highest BCUT2D eigenvalue weighted by Crippen LogP contribution is 2.10. The number of aliphatic hydroxyl groups is 1. The Morgan fingerprint density at radius 3 is 2.36 bits per heavy atom. The third-order valence-corrected chi connectivity index (χ3v) is 2.24. The van der Waals surface area contributed by atoms with E-state index < -0.39 is 0 Å². The minimum Gasteiger partial charge on any atom is -0.396 e. The maximum Gasteiger partial charge on any atom is 0.0494 e. The molecule has 0 aliphatic rings. The van der Waals surface area contributed by atoms with Crippen LogP contribution in [-0.4, -0.2) is 50.3 Å². The van der Waals surface area contributed by atoms with E-state index in [0.29, 0.717) is 0 Å². The van der Waals surface area contributed by atoms with Gasteiger partial charge in [-0.3, -0.25) is 0 Å². The second kappa shape index (κ2) is 7.21. The van der Waals surface area contributed by atoms with Crippen molar-refractivity contribution in [3.05, 3.63) is 0 Å². The van der Waals surface area contributed by atoms with Gasteiger partial charge in [0.2, 0.25) is 0 Å². The van der Waals surface area contributed by atoms with E-state index >= 15 is 0 Å². The molecule has 14 heavy (non-hydrogen) atoms. The first-order chi connectivity index (χ1) is 6.48. The van der Waals surface area contributed by atoms with Gasteiger partial charge in [0.15, 0.2) is 0 Å². The molecular weight excluding hydrogens is 176 g/mol. The lowest BCUT2D eigenvalue weighted by Crippen LogP contribution is -2.32. The smallest absolute Gasteiger partial charge is 0.0494 e. The highest BCUT2D eigenvalue weighted by molar-refractivity contribution is 4.69. The van der Waals surface area contributed by atoms with Crippen molar-refractivity contribution in [3.8, 4) is 0 Å². The maximum atomic E-state index is 9.02. The molecule has 3 nitrogen and oxygen atoms in total. The van der Waals surface area contributed by atoms with E-state index in [4.69, 9.17) is 5.11 Å². The zero-order chi connectivity index (χ0) is 11.0. The van der Waals surface area contributed by atoms with Crippen molar-refractivity contribution in [2.75, 3.05) is 40.3 Å². The van der Waals surface area contributed by atoms with Gasteiger partial charge in [0.1, 0.15) is 0 Å². The molecule has 0 aliphatic heterocycles. The Hall–Kier alpha value is -0.120. The second-order valence-electron chi connectivity index (χ2n) is 5.01. The van der Waals surface area contributed by atoms with E-state index in [1.807, 2.05) is 0 Å². The molecule has 0 unspecified atom stereocenters. The summed E-state index contributed by atoms with van der Waals surface area (Å²) in [4.78, 5) is 2.21. The fraction of sp³-hybridized carbons (Fsp3) is 1.00. The zero-order valence-electron chi connectivity index (χ0n) is 10.1. The topological polar surface area (TPSA) is 35.5 Å². The lowest BCUT2D eigenvalue weighted by molar-refractivity contribution is 0.157. The fourth-order valence-corrected chi connectivity index (χ4v) is 1.16. The van der Waals surface area contributed by atoms with Crippen molar-refractivity contribution in [1.29, 1.82) is 0 Å². The van der Waals surface area contributed by atoms with Crippen LogP contribution >= 0.6 is 0 Å². The summed E-state index contributed by atoms with van der Waals surface area (Å²) in [5, 5.41) is 12.4. The standard InChI is InChI=1S/C11H26N2O/c1-11(2,10-14)9-12-7-5-6-8-13(3)4/h12,14H,5-10H2,1-4H3. The highest BCUT2D eigenvalue weighted by atomic mass is 16.3. The van der Waals surface area contributed by atoms with Crippen molar-refractivity contribution >= 4 is 0 Å². The first-order valence-corrected chi connectivity index (χ1v) is 5.44. The highest BCUT2D eigenvalue weighted by Gasteiger charge is 2.14. The van der Waals surface area contributed by atoms with Gasteiger partial charge in [0.25, 0.3) is 0 Å². The third kappa shape index (κ3) is 8.48. The van der Waals surface area contributed by atoms with Gasteiger partial charge in [0, 0.05) is 18.6 Å². The van der Waals surface area contributed by atoms with Crippen LogP contribution in [0.1, 0.15) is 26.7 Å². The van der Waals surface area contributed by atoms with Gasteiger partial charge in [-0.15, -0.1) is 0 Å². The largest absolute Gasteiger partial charge is 0.396 e. The van der Waals surface area contributed by atoms with Gasteiger partial charge < -0.3 is 15.3 Å². The van der Waals surface area contributed by atoms with E-state index in [2.05, 4.69) is 38.2 Å². The minimum absolute atomic E-state index is 0.0154. The van der Waals surface area contributed by atoms with Gasteiger partial charge in [-0.25, -0.2) is 0 Å². The third-order valence-electron chi connectivity index (χ3n) is 2.24. The number of hydrogen-bond acceptors (Lipinski definition) is 3. The van der Waals surface area contributed by atoms with Gasteiger partial charge in [-0.05, 0) is 40.0 Å². The first-order valence-electron chi connectivity index (χ1n) is 5.44. The summed E-state index contributed by atoms with van der Waals surface area (Å²) in [6.07, 6.45) is 2.44. The van der Waals surface area contributed by atoms with Crippen molar-refractivity contribution in [2.24, 2.45) is 5.41 Å². The summed E-state index contributed by atoms with van der Waals surface area (Å²) in [6, 6.07) is 0. The normalized spacial score (nSPS) is 12.4. The predicted octanol–water partition coefficient (Wildman–Crippen LogP) is 0.936. The summed E-state index contributed by atoms with van der Waals surface area (Å²) in [6.45, 7) is 7.49. The van der Waals surface area contributed by atoms with Gasteiger partial charge in [0.05, 0.1) is 0 Å². The molecule has 0 aliphatic carbocycles. The number of nitrogens with one attached hydrogen (secondary N) is 1. The minimum atomic E-state index is 0.0154. The van der Waals surface area contributed by atoms with Crippen LogP contribution in [0.4, 0.5) is 0 Å². The summed E-state index contributed by atoms with van der Waals surface area (Å²) in [7, 11) is 4.20. The molecule has 3 heteroatoms. The van der Waals surface area contributed by atoms with Crippen LogP contribution in [-0.2, 0) is 0 Å². The molecule has 0 bridgehead atoms. The molecule has 0 fully saturated rings. The molecule has 0 spiro atoms. The van der Waals surface area contributed by atoms with Gasteiger partial charge in [-0.1, -0.05) is 13.8 Å². The Morgan fingerprint density at radius 2 is 1.86 bits per heavy atom. The van der Waals surface area contributed by atoms with Crippen molar-refractivity contribution < 1.29 is 5.11 Å². The van der Waals surface area contributed by atoms with Crippen LogP contribution in [0.3, 0.4) is 0 Å². The lowest BCUT2D eigenvalue weighted by Gasteiger charge is -2.22. The fourth-order valence-electron chi connectivity index (χ4n) is 1.16. The summed E-state index contributed by atoms with van der Waals surface area (Å²) in [5.41, 5.74) is 0.0154. The molecule has 0 radical (unpaired) electrons. The summed E-state index contributed by atoms with van der Waals surface area (Å²) >= 11 is 0. The van der Waals surface area contributed by atoms with Crippen molar-refractivity contribution in [2.45, 2.75) is 26.7 Å². The average molecular weight is 202 g/mol. The van der Waals surface area contributed by atoms with E-state index in [0.717, 1.165) is 19.6 Å². The monoisotopic (exact) mass is 202 g/mol. The number of aliphatic hydroxyl groups excluding tert-OH is 1. The second-order valence-corrected chi connectivity index (χ2v) is 5.01. The van der Waals surface area contributed by atoms with Crippen LogP contribution in [0, 0.1) is 5.41 Å². The molecule has 0 rings (SSSR count). The molecule has 0 saturated heterocycles. The molecule has 0 aromatic carbocycles. The van der Waals surface area contributed by atoms with E-state index in [1.54, 1.807) is 0 Å². The first kappa shape index (κ1) is 13.9. The Kier molecular flexibility index (Phi) is 7.15. The van der Waals surface area contributed by atoms with Gasteiger partial charge >= 0.3 is 0 Å². The molecule has 2 N–H and O–H groups in total. The average Bonchev–Trinajstić information content (AvgIpc) is 2.10. The van der Waals surface area contributed by atoms with Crippen LogP contribution < -0.4 is 5.32 Å². The molecule has 0 heterocycles. The predicted molar refractivity (Wildman–Crippen MR) is 61.5 cm³/mol. The molecule has 0 aromatic rings. The van der Waals surface area contributed by atoms with Gasteiger partial charge in [-0.2, -0.15) is 0 Å². The Labute approximate surface area is 88.5 Å². The SMILES string of the molecule is CN(C)CCCCNCC(C)(C)CO. The summed E-state index contributed by atoms with van der Waals surface area (Å²) < 4.78 is 0. The Morgan fingerprint density at radius 1 is 1.21 bits per heavy atom. The van der Waals surface area contributed by atoms with E-state index in [1.165, 1.54) is 12.8 Å². The van der Waals surface area contributed by atoms with Crippen molar-refractivity contribution in [3.63, 3.8) is 0 Å². The maximum absolute atomic E-state index is 9.02. The molecule has 0 saturated carbocycles. The lowest BCUT2D eigenvalue weighted by atomic mass is 9.95. The number of nitrogens with zero attached hydrogens (tertiary/aromatic N) is 1. The zero-order valence-corrected chi connectivity index (χ0v) is 10.1. The van der Waals surface area contributed by atoms with Crippen LogP contribution in [0.5, 0.6) is 0 Å². The molecule has 0 atom stereocenters. The Balaban J connectivity index is 3.21. The molecule has 0 amide bonds. The van der Waals surface area contributed by atoms with E-state index in [-0.39, 0.29) is 12.0 Å².